The van der Waals surface area contributed by atoms with Crippen molar-refractivity contribution in [1.29, 1.82) is 0 Å². The van der Waals surface area contributed by atoms with Crippen LogP contribution in [0.4, 0.5) is 10.8 Å². The van der Waals surface area contributed by atoms with E-state index in [1.807, 2.05) is 35.0 Å². The van der Waals surface area contributed by atoms with E-state index in [0.29, 0.717) is 22.4 Å². The van der Waals surface area contributed by atoms with E-state index in [0.717, 1.165) is 10.9 Å². The number of nitrogens with zero attached hydrogens (tertiary/aromatic N) is 2. The highest BCUT2D eigenvalue weighted by molar-refractivity contribution is 7.93. The average Bonchev–Trinajstić information content (AvgIpc) is 3.37. The minimum absolute atomic E-state index is 0.0892. The predicted molar refractivity (Wildman–Crippen MR) is 120 cm³/mol. The summed E-state index contributed by atoms with van der Waals surface area (Å²) in [6, 6.07) is 13.6. The Morgan fingerprint density at radius 2 is 1.93 bits per heavy atom. The first-order valence-electron chi connectivity index (χ1n) is 8.98. The summed E-state index contributed by atoms with van der Waals surface area (Å²) in [6.45, 7) is 0.500. The first-order valence-corrected chi connectivity index (χ1v) is 11.7. The van der Waals surface area contributed by atoms with Crippen LogP contribution in [0.1, 0.15) is 6.42 Å². The number of benzene rings is 2. The summed E-state index contributed by atoms with van der Waals surface area (Å²) in [5, 5.41) is 6.39. The van der Waals surface area contributed by atoms with Gasteiger partial charge in [0.25, 0.3) is 10.0 Å². The van der Waals surface area contributed by atoms with Crippen molar-refractivity contribution in [2.75, 3.05) is 10.0 Å². The maximum Gasteiger partial charge on any atom is 0.263 e. The van der Waals surface area contributed by atoms with Crippen LogP contribution in [-0.2, 0) is 21.4 Å². The van der Waals surface area contributed by atoms with E-state index in [-0.39, 0.29) is 17.2 Å². The Bertz CT molecular complexity index is 1280. The van der Waals surface area contributed by atoms with Gasteiger partial charge in [-0.3, -0.25) is 9.52 Å². The van der Waals surface area contributed by atoms with Gasteiger partial charge in [-0.25, -0.2) is 13.4 Å². The summed E-state index contributed by atoms with van der Waals surface area (Å²) in [6.07, 6.45) is 3.69. The van der Waals surface area contributed by atoms with E-state index in [9.17, 15) is 13.2 Å². The number of carbonyl (C=O) groups excluding carboxylic acids is 1. The SMILES string of the molecule is O=C(CCn1ccc2c(Cl)cccc21)Nc1ccc(S(=O)(=O)Nc2nccs2)cc1. The van der Waals surface area contributed by atoms with Gasteiger partial charge in [-0.1, -0.05) is 17.7 Å². The molecule has 0 aliphatic heterocycles. The summed E-state index contributed by atoms with van der Waals surface area (Å²) in [7, 11) is -3.72. The molecule has 0 saturated carbocycles. The van der Waals surface area contributed by atoms with Gasteiger partial charge in [0.05, 0.1) is 4.90 Å². The Morgan fingerprint density at radius 1 is 1.13 bits per heavy atom. The smallest absolute Gasteiger partial charge is 0.263 e. The van der Waals surface area contributed by atoms with Crippen LogP contribution in [0.2, 0.25) is 5.02 Å². The molecule has 30 heavy (non-hydrogen) atoms. The molecule has 4 aromatic rings. The molecule has 1 amide bonds. The molecular formula is C20H17ClN4O3S2. The number of halogens is 1. The molecule has 0 unspecified atom stereocenters. The second kappa shape index (κ2) is 8.47. The number of anilines is 2. The molecule has 2 aromatic heterocycles. The van der Waals surface area contributed by atoms with Crippen LogP contribution in [0, 0.1) is 0 Å². The standard InChI is InChI=1S/C20H17ClN4O3S2/c21-17-2-1-3-18-16(17)8-11-25(18)12-9-19(26)23-14-4-6-15(7-5-14)30(27,28)24-20-22-10-13-29-20/h1-8,10-11,13H,9,12H2,(H,22,24)(H,23,26). The van der Waals surface area contributed by atoms with E-state index in [1.165, 1.54) is 29.7 Å². The molecule has 7 nitrogen and oxygen atoms in total. The lowest BCUT2D eigenvalue weighted by Crippen LogP contribution is -2.15. The lowest BCUT2D eigenvalue weighted by atomic mass is 10.2. The van der Waals surface area contributed by atoms with E-state index in [1.54, 1.807) is 17.5 Å². The Morgan fingerprint density at radius 3 is 2.67 bits per heavy atom. The number of amides is 1. The number of fused-ring (bicyclic) bond motifs is 1. The lowest BCUT2D eigenvalue weighted by molar-refractivity contribution is -0.116. The first-order chi connectivity index (χ1) is 14.4. The summed E-state index contributed by atoms with van der Waals surface area (Å²) in [4.78, 5) is 16.3. The molecule has 0 atom stereocenters. The third kappa shape index (κ3) is 4.48. The number of hydrogen-bond acceptors (Lipinski definition) is 5. The molecule has 0 fully saturated rings. The number of hydrogen-bond donors (Lipinski definition) is 2. The maximum absolute atomic E-state index is 12.4. The fourth-order valence-electron chi connectivity index (χ4n) is 2.99. The minimum atomic E-state index is -3.72. The molecule has 4 rings (SSSR count). The van der Waals surface area contributed by atoms with Gasteiger partial charge in [0.15, 0.2) is 5.13 Å². The van der Waals surface area contributed by atoms with Gasteiger partial charge >= 0.3 is 0 Å². The van der Waals surface area contributed by atoms with E-state index >= 15 is 0 Å². The average molecular weight is 461 g/mol. The molecule has 0 aliphatic carbocycles. The molecule has 154 valence electrons. The number of sulfonamides is 1. The Kier molecular flexibility index (Phi) is 5.76. The van der Waals surface area contributed by atoms with Crippen molar-refractivity contribution >= 4 is 60.6 Å². The van der Waals surface area contributed by atoms with E-state index < -0.39 is 10.0 Å². The number of aromatic nitrogens is 2. The molecule has 0 spiro atoms. The molecule has 0 bridgehead atoms. The molecular weight excluding hydrogens is 444 g/mol. The van der Waals surface area contributed by atoms with Crippen molar-refractivity contribution < 1.29 is 13.2 Å². The normalized spacial score (nSPS) is 11.5. The van der Waals surface area contributed by atoms with Crippen molar-refractivity contribution in [3.63, 3.8) is 0 Å². The zero-order valence-corrected chi connectivity index (χ0v) is 18.0. The van der Waals surface area contributed by atoms with Gasteiger partial charge < -0.3 is 9.88 Å². The molecule has 0 radical (unpaired) electrons. The van der Waals surface area contributed by atoms with Crippen molar-refractivity contribution in [2.24, 2.45) is 0 Å². The van der Waals surface area contributed by atoms with Crippen LogP contribution in [0.25, 0.3) is 10.9 Å². The predicted octanol–water partition coefficient (Wildman–Crippen LogP) is 4.58. The molecule has 2 aromatic carbocycles. The Labute approximate surface area is 182 Å². The van der Waals surface area contributed by atoms with Crippen LogP contribution in [0.5, 0.6) is 0 Å². The third-order valence-corrected chi connectivity index (χ3v) is 6.94. The topological polar surface area (TPSA) is 93.1 Å². The van der Waals surface area contributed by atoms with Gasteiger partial charge in [0.2, 0.25) is 5.91 Å². The monoisotopic (exact) mass is 460 g/mol. The quantitative estimate of drug-likeness (QED) is 0.422. The Hall–Kier alpha value is -2.88. The number of nitrogens with one attached hydrogen (secondary N) is 2. The van der Waals surface area contributed by atoms with Crippen molar-refractivity contribution in [3.8, 4) is 0 Å². The van der Waals surface area contributed by atoms with E-state index in [4.69, 9.17) is 11.6 Å². The second-order valence-corrected chi connectivity index (χ2v) is 9.43. The molecule has 2 N–H and O–H groups in total. The highest BCUT2D eigenvalue weighted by Crippen LogP contribution is 2.24. The summed E-state index contributed by atoms with van der Waals surface area (Å²) < 4.78 is 29.1. The lowest BCUT2D eigenvalue weighted by Gasteiger charge is -2.09. The van der Waals surface area contributed by atoms with E-state index in [2.05, 4.69) is 15.0 Å². The molecule has 10 heteroatoms. The van der Waals surface area contributed by atoms with Crippen molar-refractivity contribution in [1.82, 2.24) is 9.55 Å². The Balaban J connectivity index is 1.37. The second-order valence-electron chi connectivity index (χ2n) is 6.45. The van der Waals surface area contributed by atoms with Crippen molar-refractivity contribution in [3.05, 3.63) is 71.3 Å². The number of rotatable bonds is 7. The highest BCUT2D eigenvalue weighted by Gasteiger charge is 2.15. The molecule has 0 aliphatic rings. The first kappa shape index (κ1) is 20.4. The van der Waals surface area contributed by atoms with Gasteiger partial charge in [-0.2, -0.15) is 0 Å². The third-order valence-electron chi connectivity index (χ3n) is 4.44. The zero-order chi connectivity index (χ0) is 21.1. The summed E-state index contributed by atoms with van der Waals surface area (Å²) in [5.74, 6) is -0.171. The number of carbonyl (C=O) groups is 1. The van der Waals surface area contributed by atoms with Crippen LogP contribution < -0.4 is 10.0 Å². The van der Waals surface area contributed by atoms with Crippen LogP contribution in [0.3, 0.4) is 0 Å². The number of thiazole rings is 1. The summed E-state index contributed by atoms with van der Waals surface area (Å²) in [5.41, 5.74) is 1.49. The molecule has 0 saturated heterocycles. The van der Waals surface area contributed by atoms with Gasteiger partial charge in [0, 0.05) is 52.4 Å². The maximum atomic E-state index is 12.4. The minimum Gasteiger partial charge on any atom is -0.347 e. The van der Waals surface area contributed by atoms with Crippen molar-refractivity contribution in [2.45, 2.75) is 17.9 Å². The summed E-state index contributed by atoms with van der Waals surface area (Å²) >= 11 is 7.38. The van der Waals surface area contributed by atoms with Crippen LogP contribution in [0.15, 0.2) is 71.2 Å². The van der Waals surface area contributed by atoms with Crippen LogP contribution >= 0.6 is 22.9 Å². The zero-order valence-electron chi connectivity index (χ0n) is 15.6. The number of aryl methyl sites for hydroxylation is 1. The fraction of sp³-hybridized carbons (Fsp3) is 0.100. The van der Waals surface area contributed by atoms with Crippen LogP contribution in [-0.4, -0.2) is 23.9 Å². The molecule has 2 heterocycles. The van der Waals surface area contributed by atoms with Gasteiger partial charge in [0.1, 0.15) is 0 Å². The fourth-order valence-corrected chi connectivity index (χ4v) is 5.01. The van der Waals surface area contributed by atoms with Gasteiger partial charge in [-0.05, 0) is 42.5 Å². The van der Waals surface area contributed by atoms with Gasteiger partial charge in [-0.15, -0.1) is 11.3 Å². The highest BCUT2D eigenvalue weighted by atomic mass is 35.5. The largest absolute Gasteiger partial charge is 0.347 e.